The summed E-state index contributed by atoms with van der Waals surface area (Å²) in [5, 5.41) is 1.40. The Morgan fingerprint density at radius 3 is 2.92 bits per heavy atom. The van der Waals surface area contributed by atoms with E-state index >= 15 is 0 Å². The van der Waals surface area contributed by atoms with Crippen molar-refractivity contribution in [3.63, 3.8) is 0 Å². The third-order valence-corrected chi connectivity index (χ3v) is 5.72. The fourth-order valence-electron chi connectivity index (χ4n) is 1.23. The van der Waals surface area contributed by atoms with E-state index in [0.717, 1.165) is 0 Å². The minimum atomic E-state index is 1.25. The molecule has 0 radical (unpaired) electrons. The molecule has 0 N–H and O–H groups in total. The minimum Gasteiger partial charge on any atom is -0.127 e. The van der Waals surface area contributed by atoms with Crippen LogP contribution >= 0.6 is 61.6 Å². The van der Waals surface area contributed by atoms with Gasteiger partial charge in [0.25, 0.3) is 0 Å². The highest BCUT2D eigenvalue weighted by atomic mass is 127. The van der Waals surface area contributed by atoms with Crippen molar-refractivity contribution in [2.75, 3.05) is 6.26 Å². The fourth-order valence-corrected chi connectivity index (χ4v) is 5.45. The second-order valence-electron chi connectivity index (χ2n) is 2.52. The van der Waals surface area contributed by atoms with Gasteiger partial charge in [-0.2, -0.15) is 0 Å². The number of rotatable bonds is 1. The molecule has 68 valence electrons. The molecule has 4 heteroatoms. The van der Waals surface area contributed by atoms with E-state index in [4.69, 9.17) is 0 Å². The highest BCUT2D eigenvalue weighted by molar-refractivity contribution is 14.1. The number of benzene rings is 1. The summed E-state index contributed by atoms with van der Waals surface area (Å²) in [6.45, 7) is 0. The van der Waals surface area contributed by atoms with E-state index in [1.807, 2.05) is 11.3 Å². The highest BCUT2D eigenvalue weighted by Gasteiger charge is 2.10. The van der Waals surface area contributed by atoms with Crippen molar-refractivity contribution in [2.24, 2.45) is 0 Å². The smallest absolute Gasteiger partial charge is 0.0847 e. The van der Waals surface area contributed by atoms with Crippen molar-refractivity contribution in [1.82, 2.24) is 0 Å². The van der Waals surface area contributed by atoms with Gasteiger partial charge in [0.1, 0.15) is 0 Å². The standard InChI is InChI=1S/C9H6BrIS2/c1-12-8-7-5(11)3-2-4-6(7)13-9(8)10/h2-4H,1H3. The van der Waals surface area contributed by atoms with Crippen LogP contribution < -0.4 is 0 Å². The zero-order valence-corrected chi connectivity index (χ0v) is 12.2. The molecule has 0 aliphatic carbocycles. The van der Waals surface area contributed by atoms with Crippen LogP contribution in [0.4, 0.5) is 0 Å². The summed E-state index contributed by atoms with van der Waals surface area (Å²) in [5.74, 6) is 0. The first kappa shape index (κ1) is 10.3. The largest absolute Gasteiger partial charge is 0.127 e. The molecule has 0 saturated heterocycles. The summed E-state index contributed by atoms with van der Waals surface area (Å²) in [4.78, 5) is 1.37. The van der Waals surface area contributed by atoms with Crippen LogP contribution in [0.15, 0.2) is 26.9 Å². The summed E-state index contributed by atoms with van der Waals surface area (Å²) in [5.41, 5.74) is 0. The van der Waals surface area contributed by atoms with Crippen molar-refractivity contribution in [2.45, 2.75) is 4.90 Å². The van der Waals surface area contributed by atoms with E-state index in [1.165, 1.54) is 22.3 Å². The third-order valence-electron chi connectivity index (χ3n) is 1.78. The van der Waals surface area contributed by atoms with Gasteiger partial charge in [0.2, 0.25) is 0 Å². The van der Waals surface area contributed by atoms with Crippen LogP contribution in [0.5, 0.6) is 0 Å². The van der Waals surface area contributed by atoms with Crippen LogP contribution in [0.1, 0.15) is 0 Å². The molecule has 0 aliphatic rings. The number of hydrogen-bond donors (Lipinski definition) is 0. The first-order chi connectivity index (χ1) is 6.24. The Morgan fingerprint density at radius 1 is 1.46 bits per heavy atom. The van der Waals surface area contributed by atoms with E-state index in [0.29, 0.717) is 0 Å². The SMILES string of the molecule is CSc1c(Br)sc2cccc(I)c12. The van der Waals surface area contributed by atoms with Crippen LogP contribution in [0.25, 0.3) is 10.1 Å². The van der Waals surface area contributed by atoms with E-state index in [9.17, 15) is 0 Å². The van der Waals surface area contributed by atoms with Crippen LogP contribution in [0, 0.1) is 3.57 Å². The van der Waals surface area contributed by atoms with Crippen molar-refractivity contribution < 1.29 is 0 Å². The molecule has 1 aromatic carbocycles. The second-order valence-corrected chi connectivity index (χ2v) is 6.87. The Kier molecular flexibility index (Phi) is 3.22. The lowest BCUT2D eigenvalue weighted by Gasteiger charge is -1.97. The number of thioether (sulfide) groups is 1. The lowest BCUT2D eigenvalue weighted by atomic mass is 10.3. The molecule has 0 unspecified atom stereocenters. The van der Waals surface area contributed by atoms with Gasteiger partial charge < -0.3 is 0 Å². The number of halogens is 2. The lowest BCUT2D eigenvalue weighted by Crippen LogP contribution is -1.73. The Balaban J connectivity index is 2.88. The molecule has 2 aromatic rings. The van der Waals surface area contributed by atoms with Crippen molar-refractivity contribution in [3.05, 3.63) is 25.6 Å². The molecule has 0 bridgehead atoms. The van der Waals surface area contributed by atoms with Crippen LogP contribution in [-0.4, -0.2) is 6.26 Å². The Hall–Kier alpha value is 0.740. The van der Waals surface area contributed by atoms with E-state index < -0.39 is 0 Å². The molecule has 0 atom stereocenters. The van der Waals surface area contributed by atoms with Gasteiger partial charge in [-0.25, -0.2) is 0 Å². The lowest BCUT2D eigenvalue weighted by molar-refractivity contribution is 1.59. The summed E-state index contributed by atoms with van der Waals surface area (Å²) >= 11 is 9.60. The molecule has 0 nitrogen and oxygen atoms in total. The molecular formula is C9H6BrIS2. The monoisotopic (exact) mass is 384 g/mol. The molecule has 0 aliphatic heterocycles. The van der Waals surface area contributed by atoms with Crippen LogP contribution in [-0.2, 0) is 0 Å². The van der Waals surface area contributed by atoms with Crippen molar-refractivity contribution in [1.29, 1.82) is 0 Å². The van der Waals surface area contributed by atoms with Gasteiger partial charge in [-0.05, 0) is 56.9 Å². The van der Waals surface area contributed by atoms with E-state index in [-0.39, 0.29) is 0 Å². The van der Waals surface area contributed by atoms with Gasteiger partial charge in [-0.15, -0.1) is 23.1 Å². The zero-order chi connectivity index (χ0) is 9.42. The Morgan fingerprint density at radius 2 is 2.23 bits per heavy atom. The van der Waals surface area contributed by atoms with E-state index in [2.05, 4.69) is 63.0 Å². The number of hydrogen-bond acceptors (Lipinski definition) is 2. The predicted molar refractivity (Wildman–Crippen MR) is 74.0 cm³/mol. The average molecular weight is 385 g/mol. The fraction of sp³-hybridized carbons (Fsp3) is 0.111. The first-order valence-electron chi connectivity index (χ1n) is 3.64. The van der Waals surface area contributed by atoms with E-state index in [1.54, 1.807) is 11.8 Å². The van der Waals surface area contributed by atoms with Gasteiger partial charge in [-0.3, -0.25) is 0 Å². The van der Waals surface area contributed by atoms with Crippen molar-refractivity contribution in [3.8, 4) is 0 Å². The topological polar surface area (TPSA) is 0 Å². The average Bonchev–Trinajstić information content (AvgIpc) is 2.42. The molecule has 0 amide bonds. The molecule has 0 spiro atoms. The highest BCUT2D eigenvalue weighted by Crippen LogP contribution is 2.42. The number of fused-ring (bicyclic) bond motifs is 1. The van der Waals surface area contributed by atoms with Gasteiger partial charge in [0, 0.05) is 18.6 Å². The quantitative estimate of drug-likeness (QED) is 0.493. The third kappa shape index (κ3) is 1.78. The van der Waals surface area contributed by atoms with Crippen molar-refractivity contribution >= 4 is 71.7 Å². The maximum absolute atomic E-state index is 3.60. The van der Waals surface area contributed by atoms with Crippen LogP contribution in [0.2, 0.25) is 0 Å². The van der Waals surface area contributed by atoms with Crippen LogP contribution in [0.3, 0.4) is 0 Å². The maximum Gasteiger partial charge on any atom is 0.0847 e. The molecule has 13 heavy (non-hydrogen) atoms. The zero-order valence-electron chi connectivity index (χ0n) is 6.80. The molecule has 1 heterocycles. The second kappa shape index (κ2) is 4.08. The summed E-state index contributed by atoms with van der Waals surface area (Å²) in [6, 6.07) is 6.44. The molecule has 1 aromatic heterocycles. The van der Waals surface area contributed by atoms with Gasteiger partial charge in [-0.1, -0.05) is 6.07 Å². The predicted octanol–water partition coefficient (Wildman–Crippen LogP) is 4.99. The Bertz CT molecular complexity index is 450. The van der Waals surface area contributed by atoms with Gasteiger partial charge in [0.05, 0.1) is 3.79 Å². The van der Waals surface area contributed by atoms with Gasteiger partial charge >= 0.3 is 0 Å². The molecule has 0 fully saturated rings. The molecular weight excluding hydrogens is 379 g/mol. The molecule has 0 saturated carbocycles. The first-order valence-corrected chi connectivity index (χ1v) is 7.56. The maximum atomic E-state index is 3.60. The summed E-state index contributed by atoms with van der Waals surface area (Å²) in [7, 11) is 0. The summed E-state index contributed by atoms with van der Waals surface area (Å²) in [6.07, 6.45) is 2.12. The minimum absolute atomic E-state index is 1.25. The van der Waals surface area contributed by atoms with Gasteiger partial charge in [0.15, 0.2) is 0 Å². The Labute approximate surface area is 107 Å². The normalized spacial score (nSPS) is 11.0. The number of thiophene rings is 1. The summed E-state index contributed by atoms with van der Waals surface area (Å²) < 4.78 is 3.95. The molecule has 2 rings (SSSR count).